The van der Waals surface area contributed by atoms with E-state index in [1.807, 2.05) is 13.0 Å². The maximum Gasteiger partial charge on any atom is 0.275 e. The summed E-state index contributed by atoms with van der Waals surface area (Å²) in [5.74, 6) is -0.285. The third-order valence-corrected chi connectivity index (χ3v) is 4.05. The zero-order valence-corrected chi connectivity index (χ0v) is 15.4. The Bertz CT molecular complexity index is 974. The lowest BCUT2D eigenvalue weighted by molar-refractivity contribution is 0.101. The van der Waals surface area contributed by atoms with Gasteiger partial charge in [0, 0.05) is 22.9 Å². The number of hydrogen-bond donors (Lipinski definition) is 1. The van der Waals surface area contributed by atoms with E-state index in [2.05, 4.69) is 10.3 Å². The molecule has 5 nitrogen and oxygen atoms in total. The predicted octanol–water partition coefficient (Wildman–Crippen LogP) is 4.62. The Balaban J connectivity index is 1.81. The molecule has 0 saturated heterocycles. The van der Waals surface area contributed by atoms with Gasteiger partial charge in [0.15, 0.2) is 11.5 Å². The summed E-state index contributed by atoms with van der Waals surface area (Å²) >= 11 is 6.09. The van der Waals surface area contributed by atoms with Crippen LogP contribution in [0.2, 0.25) is 5.02 Å². The lowest BCUT2D eigenvalue weighted by Crippen LogP contribution is -2.15. The van der Waals surface area contributed by atoms with Gasteiger partial charge in [0.1, 0.15) is 0 Å². The number of amides is 1. The molecular weight excluding hydrogens is 364 g/mol. The van der Waals surface area contributed by atoms with Gasteiger partial charge in [0.2, 0.25) is 5.88 Å². The van der Waals surface area contributed by atoms with Crippen LogP contribution in [0.3, 0.4) is 0 Å². The quantitative estimate of drug-likeness (QED) is 0.634. The molecule has 136 valence electrons. The van der Waals surface area contributed by atoms with Crippen molar-refractivity contribution >= 4 is 29.0 Å². The molecule has 0 atom stereocenters. The van der Waals surface area contributed by atoms with E-state index in [0.29, 0.717) is 29.3 Å². The van der Waals surface area contributed by atoms with E-state index in [1.165, 1.54) is 0 Å². The van der Waals surface area contributed by atoms with E-state index >= 15 is 0 Å². The Morgan fingerprint density at radius 2 is 1.74 bits per heavy atom. The number of anilines is 1. The number of carbonyl (C=O) groups excluding carboxylic acids is 2. The Hall–Kier alpha value is -3.18. The summed E-state index contributed by atoms with van der Waals surface area (Å²) in [5, 5.41) is 2.94. The molecule has 0 aliphatic rings. The summed E-state index contributed by atoms with van der Waals surface area (Å²) < 4.78 is 5.31. The van der Waals surface area contributed by atoms with E-state index in [4.69, 9.17) is 16.3 Å². The number of benzene rings is 2. The Morgan fingerprint density at radius 3 is 2.48 bits per heavy atom. The summed E-state index contributed by atoms with van der Waals surface area (Å²) in [6, 6.07) is 18.8. The van der Waals surface area contributed by atoms with E-state index in [-0.39, 0.29) is 16.5 Å². The second kappa shape index (κ2) is 8.47. The first-order valence-electron chi connectivity index (χ1n) is 8.39. The first-order chi connectivity index (χ1) is 13.1. The number of hydrogen-bond acceptors (Lipinski definition) is 4. The van der Waals surface area contributed by atoms with Crippen molar-refractivity contribution in [3.05, 3.63) is 88.6 Å². The Labute approximate surface area is 162 Å². The van der Waals surface area contributed by atoms with Crippen molar-refractivity contribution in [3.63, 3.8) is 0 Å². The summed E-state index contributed by atoms with van der Waals surface area (Å²) in [4.78, 5) is 29.2. The molecule has 1 N–H and O–H groups in total. The molecule has 3 rings (SSSR count). The largest absolute Gasteiger partial charge is 0.478 e. The van der Waals surface area contributed by atoms with Crippen molar-refractivity contribution in [2.45, 2.75) is 6.92 Å². The molecule has 0 unspecified atom stereocenters. The van der Waals surface area contributed by atoms with Crippen LogP contribution in [0, 0.1) is 0 Å². The second-order valence-corrected chi connectivity index (χ2v) is 6.05. The van der Waals surface area contributed by atoms with Crippen molar-refractivity contribution in [3.8, 4) is 5.88 Å². The first kappa shape index (κ1) is 18.6. The molecule has 2 aromatic carbocycles. The van der Waals surface area contributed by atoms with Crippen LogP contribution >= 0.6 is 11.6 Å². The molecule has 0 saturated carbocycles. The van der Waals surface area contributed by atoms with Crippen molar-refractivity contribution in [1.82, 2.24) is 4.98 Å². The van der Waals surface area contributed by atoms with Gasteiger partial charge in [-0.05, 0) is 25.1 Å². The number of aromatic nitrogens is 1. The molecule has 0 fully saturated rings. The molecule has 0 bridgehead atoms. The number of ether oxygens (including phenoxy) is 1. The van der Waals surface area contributed by atoms with E-state index in [9.17, 15) is 9.59 Å². The number of halogens is 1. The van der Waals surface area contributed by atoms with Crippen LogP contribution < -0.4 is 10.1 Å². The molecule has 0 radical (unpaired) electrons. The molecule has 1 heterocycles. The fourth-order valence-electron chi connectivity index (χ4n) is 2.50. The average Bonchev–Trinajstić information content (AvgIpc) is 2.70. The summed E-state index contributed by atoms with van der Waals surface area (Å²) in [6.07, 6.45) is 0. The highest BCUT2D eigenvalue weighted by Crippen LogP contribution is 2.21. The van der Waals surface area contributed by atoms with Crippen molar-refractivity contribution in [1.29, 1.82) is 0 Å². The van der Waals surface area contributed by atoms with Gasteiger partial charge in [-0.2, -0.15) is 0 Å². The minimum atomic E-state index is -0.481. The minimum Gasteiger partial charge on any atom is -0.478 e. The van der Waals surface area contributed by atoms with Crippen LogP contribution in [-0.2, 0) is 0 Å². The topological polar surface area (TPSA) is 68.3 Å². The maximum atomic E-state index is 12.6. The van der Waals surface area contributed by atoms with Gasteiger partial charge in [-0.25, -0.2) is 4.98 Å². The first-order valence-corrected chi connectivity index (χ1v) is 8.77. The third kappa shape index (κ3) is 4.51. The lowest BCUT2D eigenvalue weighted by atomic mass is 10.0. The van der Waals surface area contributed by atoms with Gasteiger partial charge >= 0.3 is 0 Å². The molecule has 27 heavy (non-hydrogen) atoms. The van der Waals surface area contributed by atoms with Gasteiger partial charge in [-0.3, -0.25) is 9.59 Å². The highest BCUT2D eigenvalue weighted by Gasteiger charge is 2.15. The average molecular weight is 381 g/mol. The highest BCUT2D eigenvalue weighted by atomic mass is 35.5. The van der Waals surface area contributed by atoms with Gasteiger partial charge in [-0.1, -0.05) is 54.1 Å². The minimum absolute atomic E-state index is 0.0578. The van der Waals surface area contributed by atoms with Crippen molar-refractivity contribution in [2.75, 3.05) is 11.9 Å². The van der Waals surface area contributed by atoms with E-state index in [1.54, 1.807) is 60.7 Å². The Morgan fingerprint density at radius 1 is 1.00 bits per heavy atom. The monoisotopic (exact) mass is 380 g/mol. The summed E-state index contributed by atoms with van der Waals surface area (Å²) in [7, 11) is 0. The molecule has 1 aromatic heterocycles. The molecule has 3 aromatic rings. The molecule has 0 aliphatic carbocycles. The van der Waals surface area contributed by atoms with Crippen LogP contribution in [0.1, 0.15) is 33.3 Å². The van der Waals surface area contributed by atoms with E-state index < -0.39 is 5.91 Å². The van der Waals surface area contributed by atoms with Gasteiger partial charge < -0.3 is 10.1 Å². The third-order valence-electron chi connectivity index (χ3n) is 3.75. The summed E-state index contributed by atoms with van der Waals surface area (Å²) in [5.41, 5.74) is 1.58. The molecule has 1 amide bonds. The van der Waals surface area contributed by atoms with Crippen molar-refractivity contribution in [2.24, 2.45) is 0 Å². The second-order valence-electron chi connectivity index (χ2n) is 5.64. The van der Waals surface area contributed by atoms with Crippen LogP contribution in [0.5, 0.6) is 5.88 Å². The van der Waals surface area contributed by atoms with E-state index in [0.717, 1.165) is 0 Å². The predicted molar refractivity (Wildman–Crippen MR) is 105 cm³/mol. The zero-order valence-electron chi connectivity index (χ0n) is 14.6. The Kier molecular flexibility index (Phi) is 5.84. The maximum absolute atomic E-state index is 12.6. The summed E-state index contributed by atoms with van der Waals surface area (Å²) in [6.45, 7) is 2.25. The zero-order chi connectivity index (χ0) is 19.2. The normalized spacial score (nSPS) is 10.3. The molecule has 6 heteroatoms. The van der Waals surface area contributed by atoms with Gasteiger partial charge in [-0.15, -0.1) is 0 Å². The molecular formula is C21H17ClN2O3. The fourth-order valence-corrected chi connectivity index (χ4v) is 2.69. The highest BCUT2D eigenvalue weighted by molar-refractivity contribution is 6.34. The smallest absolute Gasteiger partial charge is 0.275 e. The van der Waals surface area contributed by atoms with Crippen LogP contribution in [0.25, 0.3) is 0 Å². The van der Waals surface area contributed by atoms with Gasteiger partial charge in [0.25, 0.3) is 5.91 Å². The SMILES string of the molecule is CCOc1ccc(Cl)c(C(=O)Nc2cccc(C(=O)c3ccccc3)c2)n1. The fraction of sp³-hybridized carbons (Fsp3) is 0.0952. The molecule has 0 spiro atoms. The van der Waals surface area contributed by atoms with Crippen LogP contribution in [0.15, 0.2) is 66.7 Å². The number of nitrogens with one attached hydrogen (secondary N) is 1. The molecule has 0 aliphatic heterocycles. The number of carbonyl (C=O) groups is 2. The van der Waals surface area contributed by atoms with Crippen molar-refractivity contribution < 1.29 is 14.3 Å². The number of rotatable bonds is 6. The van der Waals surface area contributed by atoms with Crippen LogP contribution in [-0.4, -0.2) is 23.3 Å². The standard InChI is InChI=1S/C21H17ClN2O3/c1-2-27-18-12-11-17(22)19(24-18)21(26)23-16-10-6-9-15(13-16)20(25)14-7-4-3-5-8-14/h3-13H,2H2,1H3,(H,23,26). The van der Waals surface area contributed by atoms with Gasteiger partial charge in [0.05, 0.1) is 11.6 Å². The van der Waals surface area contributed by atoms with Crippen LogP contribution in [0.4, 0.5) is 5.69 Å². The number of nitrogens with zero attached hydrogens (tertiary/aromatic N) is 1. The lowest BCUT2D eigenvalue weighted by Gasteiger charge is -2.09. The number of pyridine rings is 1. The number of ketones is 1.